The van der Waals surface area contributed by atoms with Gasteiger partial charge in [0.2, 0.25) is 0 Å². The molecule has 0 unspecified atom stereocenters. The highest BCUT2D eigenvalue weighted by Crippen LogP contribution is 2.28. The van der Waals surface area contributed by atoms with Gasteiger partial charge in [-0.25, -0.2) is 0 Å². The number of ether oxygens (including phenoxy) is 1. The van der Waals surface area contributed by atoms with Crippen LogP contribution in [0.4, 0.5) is 0 Å². The Morgan fingerprint density at radius 2 is 2.13 bits per heavy atom. The molecule has 0 aromatic heterocycles. The van der Waals surface area contributed by atoms with Gasteiger partial charge >= 0.3 is 0 Å². The van der Waals surface area contributed by atoms with Crippen LogP contribution >= 0.6 is 0 Å². The second-order valence-electron chi connectivity index (χ2n) is 3.46. The smallest absolute Gasteiger partial charge is 0.122 e. The van der Waals surface area contributed by atoms with Crippen LogP contribution < -0.4 is 4.74 Å². The predicted molar refractivity (Wildman–Crippen MR) is 65.2 cm³/mol. The van der Waals surface area contributed by atoms with Gasteiger partial charge in [-0.3, -0.25) is 0 Å². The number of allylic oxidation sites excluding steroid dienone is 1. The van der Waals surface area contributed by atoms with Crippen LogP contribution in [0.3, 0.4) is 0 Å². The van der Waals surface area contributed by atoms with Crippen LogP contribution in [0.5, 0.6) is 5.75 Å². The zero-order chi connectivity index (χ0) is 11.3. The van der Waals surface area contributed by atoms with Crippen molar-refractivity contribution in [3.05, 3.63) is 47.9 Å². The Morgan fingerprint density at radius 1 is 1.40 bits per heavy atom. The summed E-state index contributed by atoms with van der Waals surface area (Å²) in [7, 11) is 0. The molecule has 1 rings (SSSR count). The van der Waals surface area contributed by atoms with E-state index in [2.05, 4.69) is 26.5 Å². The molecule has 15 heavy (non-hydrogen) atoms. The molecule has 0 saturated carbocycles. The topological polar surface area (TPSA) is 9.23 Å². The molecule has 0 fully saturated rings. The summed E-state index contributed by atoms with van der Waals surface area (Å²) < 4.78 is 5.62. The maximum absolute atomic E-state index is 5.62. The Kier molecular flexibility index (Phi) is 4.41. The minimum Gasteiger partial charge on any atom is -0.494 e. The highest BCUT2D eigenvalue weighted by atomic mass is 16.5. The fourth-order valence-electron chi connectivity index (χ4n) is 1.70. The average Bonchev–Trinajstić information content (AvgIpc) is 2.28. The van der Waals surface area contributed by atoms with Gasteiger partial charge in [-0.05, 0) is 30.5 Å². The third-order valence-electron chi connectivity index (χ3n) is 2.52. The molecule has 0 N–H and O–H groups in total. The van der Waals surface area contributed by atoms with Gasteiger partial charge in [-0.1, -0.05) is 32.1 Å². The van der Waals surface area contributed by atoms with Gasteiger partial charge in [0, 0.05) is 5.92 Å². The van der Waals surface area contributed by atoms with E-state index in [0.717, 1.165) is 12.2 Å². The Bertz CT molecular complexity index is 328. The molecule has 0 aliphatic rings. The first-order chi connectivity index (χ1) is 7.24. The quantitative estimate of drug-likeness (QED) is 0.707. The normalized spacial score (nSPS) is 10.4. The van der Waals surface area contributed by atoms with Crippen molar-refractivity contribution in [2.24, 2.45) is 0 Å². The van der Waals surface area contributed by atoms with Crippen LogP contribution in [0.15, 0.2) is 30.9 Å². The molecule has 0 aliphatic carbocycles. The van der Waals surface area contributed by atoms with Crippen molar-refractivity contribution in [2.45, 2.75) is 27.2 Å². The molecule has 1 radical (unpaired) electrons. The molecule has 0 heterocycles. The van der Waals surface area contributed by atoms with Crippen molar-refractivity contribution in [3.63, 3.8) is 0 Å². The van der Waals surface area contributed by atoms with Gasteiger partial charge in [0.25, 0.3) is 0 Å². The summed E-state index contributed by atoms with van der Waals surface area (Å²) in [4.78, 5) is 0. The Balaban J connectivity index is 3.15. The van der Waals surface area contributed by atoms with Crippen molar-refractivity contribution < 1.29 is 4.74 Å². The second-order valence-corrected chi connectivity index (χ2v) is 3.46. The monoisotopic (exact) mass is 203 g/mol. The van der Waals surface area contributed by atoms with Crippen molar-refractivity contribution in [3.8, 4) is 5.75 Å². The van der Waals surface area contributed by atoms with Crippen molar-refractivity contribution in [1.29, 1.82) is 0 Å². The molecular formula is C14H19O. The van der Waals surface area contributed by atoms with Crippen LogP contribution in [0, 0.1) is 5.92 Å². The number of hydrogen-bond donors (Lipinski definition) is 0. The SMILES string of the molecule is C=C[C](C)c1cccc(OCC)c1CC. The lowest BCUT2D eigenvalue weighted by Crippen LogP contribution is -2.02. The Hall–Kier alpha value is -1.24. The van der Waals surface area contributed by atoms with Crippen LogP contribution in [0.25, 0.3) is 0 Å². The first kappa shape index (κ1) is 11.8. The van der Waals surface area contributed by atoms with Gasteiger partial charge in [0.15, 0.2) is 0 Å². The lowest BCUT2D eigenvalue weighted by Gasteiger charge is -2.15. The largest absolute Gasteiger partial charge is 0.494 e. The molecule has 1 aromatic rings. The maximum Gasteiger partial charge on any atom is 0.122 e. The van der Waals surface area contributed by atoms with E-state index in [4.69, 9.17) is 4.74 Å². The van der Waals surface area contributed by atoms with Crippen molar-refractivity contribution >= 4 is 0 Å². The minimum absolute atomic E-state index is 0.712. The van der Waals surface area contributed by atoms with E-state index in [1.165, 1.54) is 17.0 Å². The first-order valence-electron chi connectivity index (χ1n) is 5.45. The number of hydrogen-bond acceptors (Lipinski definition) is 1. The summed E-state index contributed by atoms with van der Waals surface area (Å²) in [5.41, 5.74) is 2.52. The van der Waals surface area contributed by atoms with Crippen molar-refractivity contribution in [2.75, 3.05) is 6.61 Å². The van der Waals surface area contributed by atoms with E-state index in [1.54, 1.807) is 0 Å². The standard InChI is InChI=1S/C14H19O/c1-5-11(4)13-9-8-10-14(15-7-3)12(13)6-2/h5,8-10H,1,6-7H2,2-4H3. The average molecular weight is 203 g/mol. The summed E-state index contributed by atoms with van der Waals surface area (Å²) >= 11 is 0. The summed E-state index contributed by atoms with van der Waals surface area (Å²) in [6.45, 7) is 10.8. The second kappa shape index (κ2) is 5.59. The lowest BCUT2D eigenvalue weighted by atomic mass is 9.94. The van der Waals surface area contributed by atoms with E-state index in [0.29, 0.717) is 6.61 Å². The van der Waals surface area contributed by atoms with Crippen LogP contribution in [0.1, 0.15) is 31.9 Å². The van der Waals surface area contributed by atoms with Crippen LogP contribution in [-0.2, 0) is 6.42 Å². The third-order valence-corrected chi connectivity index (χ3v) is 2.52. The predicted octanol–water partition coefficient (Wildman–Crippen LogP) is 3.78. The molecule has 0 bridgehead atoms. The molecule has 0 amide bonds. The van der Waals surface area contributed by atoms with Gasteiger partial charge < -0.3 is 4.74 Å². The first-order valence-corrected chi connectivity index (χ1v) is 5.45. The highest BCUT2D eigenvalue weighted by Gasteiger charge is 2.11. The zero-order valence-corrected chi connectivity index (χ0v) is 9.84. The summed E-state index contributed by atoms with van der Waals surface area (Å²) in [6, 6.07) is 6.19. The fraction of sp³-hybridized carbons (Fsp3) is 0.357. The maximum atomic E-state index is 5.62. The van der Waals surface area contributed by atoms with E-state index >= 15 is 0 Å². The van der Waals surface area contributed by atoms with Crippen LogP contribution in [-0.4, -0.2) is 6.61 Å². The van der Waals surface area contributed by atoms with E-state index in [1.807, 2.05) is 25.1 Å². The van der Waals surface area contributed by atoms with E-state index in [9.17, 15) is 0 Å². The summed E-state index contributed by atoms with van der Waals surface area (Å²) in [5, 5.41) is 0. The fourth-order valence-corrected chi connectivity index (χ4v) is 1.70. The summed E-state index contributed by atoms with van der Waals surface area (Å²) in [5.74, 6) is 2.20. The molecular weight excluding hydrogens is 184 g/mol. The number of benzene rings is 1. The van der Waals surface area contributed by atoms with Gasteiger partial charge in [0.1, 0.15) is 5.75 Å². The summed E-state index contributed by atoms with van der Waals surface area (Å²) in [6.07, 6.45) is 2.88. The Morgan fingerprint density at radius 3 is 2.67 bits per heavy atom. The highest BCUT2D eigenvalue weighted by molar-refractivity contribution is 5.48. The Labute approximate surface area is 92.8 Å². The molecule has 1 aromatic carbocycles. The third kappa shape index (κ3) is 2.62. The molecule has 0 atom stereocenters. The van der Waals surface area contributed by atoms with Gasteiger partial charge in [-0.2, -0.15) is 0 Å². The zero-order valence-electron chi connectivity index (χ0n) is 9.84. The molecule has 0 spiro atoms. The molecule has 1 nitrogen and oxygen atoms in total. The van der Waals surface area contributed by atoms with E-state index < -0.39 is 0 Å². The molecule has 0 aliphatic heterocycles. The van der Waals surface area contributed by atoms with Gasteiger partial charge in [-0.15, -0.1) is 6.58 Å². The molecule has 81 valence electrons. The van der Waals surface area contributed by atoms with Crippen LogP contribution in [0.2, 0.25) is 0 Å². The lowest BCUT2D eigenvalue weighted by molar-refractivity contribution is 0.336. The molecule has 0 saturated heterocycles. The van der Waals surface area contributed by atoms with Crippen molar-refractivity contribution in [1.82, 2.24) is 0 Å². The van der Waals surface area contributed by atoms with E-state index in [-0.39, 0.29) is 0 Å². The molecule has 1 heteroatoms. The van der Waals surface area contributed by atoms with Gasteiger partial charge in [0.05, 0.1) is 6.61 Å². The number of rotatable bonds is 5. The minimum atomic E-state index is 0.712.